The molecule has 11 heavy (non-hydrogen) atoms. The van der Waals surface area contributed by atoms with E-state index in [2.05, 4.69) is 9.47 Å². The van der Waals surface area contributed by atoms with E-state index in [1.165, 1.54) is 7.11 Å². The summed E-state index contributed by atoms with van der Waals surface area (Å²) in [5.74, 6) is -0.313. The maximum Gasteiger partial charge on any atom is 0.309 e. The molecule has 0 aliphatic heterocycles. The molecule has 4 nitrogen and oxygen atoms in total. The minimum Gasteiger partial charge on any atom is -0.469 e. The van der Waals surface area contributed by atoms with Crippen molar-refractivity contribution in [2.75, 3.05) is 13.7 Å². The lowest BCUT2D eigenvalue weighted by molar-refractivity contribution is -0.139. The first-order chi connectivity index (χ1) is 5.31. The van der Waals surface area contributed by atoms with Crippen LogP contribution in [-0.4, -0.2) is 26.2 Å². The molecule has 0 aromatic carbocycles. The highest BCUT2D eigenvalue weighted by molar-refractivity contribution is 5.70. The monoisotopic (exact) mass is 158 g/mol. The zero-order valence-electron chi connectivity index (χ0n) is 6.28. The third-order valence-corrected chi connectivity index (χ3v) is 0.939. The van der Waals surface area contributed by atoms with Gasteiger partial charge in [-0.1, -0.05) is 12.2 Å². The lowest BCUT2D eigenvalue weighted by atomic mass is 10.4. The smallest absolute Gasteiger partial charge is 0.309 e. The molecule has 4 heteroatoms. The van der Waals surface area contributed by atoms with Gasteiger partial charge in [0.15, 0.2) is 0 Å². The molecule has 0 radical (unpaired) electrons. The molecular formula is C7H10O4. The van der Waals surface area contributed by atoms with Gasteiger partial charge in [-0.05, 0) is 0 Å². The minimum atomic E-state index is -0.313. The Morgan fingerprint density at radius 2 is 2.18 bits per heavy atom. The summed E-state index contributed by atoms with van der Waals surface area (Å²) in [6.07, 6.45) is 3.36. The van der Waals surface area contributed by atoms with Crippen LogP contribution < -0.4 is 0 Å². The number of carbonyl (C=O) groups excluding carboxylic acids is 2. The highest BCUT2D eigenvalue weighted by atomic mass is 16.5. The number of carbonyl (C=O) groups is 2. The van der Waals surface area contributed by atoms with E-state index < -0.39 is 0 Å². The van der Waals surface area contributed by atoms with Crippen molar-refractivity contribution in [3.05, 3.63) is 12.2 Å². The van der Waals surface area contributed by atoms with Crippen LogP contribution in [0.3, 0.4) is 0 Å². The Bertz CT molecular complexity index is 151. The van der Waals surface area contributed by atoms with Crippen LogP contribution in [0.4, 0.5) is 0 Å². The number of hydrogen-bond acceptors (Lipinski definition) is 4. The summed E-state index contributed by atoms with van der Waals surface area (Å²) in [4.78, 5) is 20.1. The van der Waals surface area contributed by atoms with Crippen molar-refractivity contribution in [2.45, 2.75) is 6.42 Å². The number of hydrogen-bond donors (Lipinski definition) is 0. The number of esters is 1. The summed E-state index contributed by atoms with van der Waals surface area (Å²) in [5.41, 5.74) is 0. The van der Waals surface area contributed by atoms with Gasteiger partial charge >= 0.3 is 5.97 Å². The maximum atomic E-state index is 10.5. The van der Waals surface area contributed by atoms with Crippen molar-refractivity contribution in [1.29, 1.82) is 0 Å². The van der Waals surface area contributed by atoms with E-state index in [-0.39, 0.29) is 19.0 Å². The van der Waals surface area contributed by atoms with E-state index in [1.807, 2.05) is 0 Å². The van der Waals surface area contributed by atoms with Crippen molar-refractivity contribution < 1.29 is 19.1 Å². The average molecular weight is 158 g/mol. The fourth-order valence-corrected chi connectivity index (χ4v) is 0.426. The van der Waals surface area contributed by atoms with Crippen LogP contribution in [0, 0.1) is 0 Å². The van der Waals surface area contributed by atoms with Crippen molar-refractivity contribution >= 4 is 12.4 Å². The molecule has 0 heterocycles. The maximum absolute atomic E-state index is 10.5. The van der Waals surface area contributed by atoms with E-state index in [0.717, 1.165) is 0 Å². The van der Waals surface area contributed by atoms with Gasteiger partial charge in [-0.25, -0.2) is 0 Å². The molecule has 0 bridgehead atoms. The summed E-state index contributed by atoms with van der Waals surface area (Å²) < 4.78 is 8.69. The zero-order chi connectivity index (χ0) is 8.53. The standard InChI is InChI=1S/C7H10O4/c1-10-7(9)4-2-3-5-11-6-8/h2-3,6H,4-5H2,1H3. The molecule has 0 unspecified atom stereocenters. The van der Waals surface area contributed by atoms with Crippen LogP contribution >= 0.6 is 0 Å². The van der Waals surface area contributed by atoms with Crippen LogP contribution in [0.25, 0.3) is 0 Å². The Morgan fingerprint density at radius 3 is 2.73 bits per heavy atom. The fraction of sp³-hybridized carbons (Fsp3) is 0.429. The third kappa shape index (κ3) is 6.57. The third-order valence-electron chi connectivity index (χ3n) is 0.939. The summed E-state index contributed by atoms with van der Waals surface area (Å²) in [6.45, 7) is 0.545. The molecule has 0 aliphatic carbocycles. The largest absolute Gasteiger partial charge is 0.469 e. The van der Waals surface area contributed by atoms with Gasteiger partial charge in [0.05, 0.1) is 13.5 Å². The number of ether oxygens (including phenoxy) is 2. The molecule has 0 aliphatic rings. The Labute approximate surface area is 64.8 Å². The summed E-state index contributed by atoms with van der Waals surface area (Å²) in [5, 5.41) is 0. The highest BCUT2D eigenvalue weighted by Gasteiger charge is 1.92. The molecule has 0 amide bonds. The Morgan fingerprint density at radius 1 is 1.45 bits per heavy atom. The van der Waals surface area contributed by atoms with E-state index in [9.17, 15) is 9.59 Å². The van der Waals surface area contributed by atoms with Gasteiger partial charge in [-0.2, -0.15) is 0 Å². The van der Waals surface area contributed by atoms with E-state index >= 15 is 0 Å². The molecule has 0 N–H and O–H groups in total. The second-order valence-corrected chi connectivity index (χ2v) is 1.68. The van der Waals surface area contributed by atoms with Gasteiger partial charge in [0.1, 0.15) is 6.61 Å². The molecule has 0 aromatic rings. The molecular weight excluding hydrogens is 148 g/mol. The Hall–Kier alpha value is -1.32. The Kier molecular flexibility index (Phi) is 5.98. The van der Waals surface area contributed by atoms with Crippen molar-refractivity contribution in [3.63, 3.8) is 0 Å². The highest BCUT2D eigenvalue weighted by Crippen LogP contribution is 1.86. The quantitative estimate of drug-likeness (QED) is 0.249. The lowest BCUT2D eigenvalue weighted by Gasteiger charge is -1.91. The topological polar surface area (TPSA) is 52.6 Å². The first kappa shape index (κ1) is 9.68. The SMILES string of the molecule is COC(=O)CC=CCOC=O. The molecule has 0 atom stereocenters. The molecule has 0 saturated heterocycles. The van der Waals surface area contributed by atoms with Crippen LogP contribution in [-0.2, 0) is 19.1 Å². The van der Waals surface area contributed by atoms with Crippen molar-refractivity contribution in [1.82, 2.24) is 0 Å². The predicted octanol–water partition coefficient (Wildman–Crippen LogP) is 0.279. The first-order valence-corrected chi connectivity index (χ1v) is 3.08. The van der Waals surface area contributed by atoms with E-state index in [0.29, 0.717) is 6.47 Å². The number of rotatable bonds is 5. The van der Waals surface area contributed by atoms with Gasteiger partial charge in [-0.3, -0.25) is 9.59 Å². The lowest BCUT2D eigenvalue weighted by Crippen LogP contribution is -1.97. The van der Waals surface area contributed by atoms with Gasteiger partial charge in [0.25, 0.3) is 6.47 Å². The van der Waals surface area contributed by atoms with Crippen molar-refractivity contribution in [3.8, 4) is 0 Å². The second-order valence-electron chi connectivity index (χ2n) is 1.68. The fourth-order valence-electron chi connectivity index (χ4n) is 0.426. The summed E-state index contributed by atoms with van der Waals surface area (Å²) >= 11 is 0. The molecule has 62 valence electrons. The Balaban J connectivity index is 3.29. The average Bonchev–Trinajstić information content (AvgIpc) is 2.04. The number of methoxy groups -OCH3 is 1. The molecule has 0 aromatic heterocycles. The molecule has 0 spiro atoms. The van der Waals surface area contributed by atoms with Crippen LogP contribution in [0.5, 0.6) is 0 Å². The molecule has 0 rings (SSSR count). The van der Waals surface area contributed by atoms with Gasteiger partial charge in [0.2, 0.25) is 0 Å². The second kappa shape index (κ2) is 6.80. The minimum absolute atomic E-state index is 0.195. The van der Waals surface area contributed by atoms with Gasteiger partial charge < -0.3 is 9.47 Å². The van der Waals surface area contributed by atoms with Crippen LogP contribution in [0.2, 0.25) is 0 Å². The van der Waals surface area contributed by atoms with E-state index in [1.54, 1.807) is 12.2 Å². The normalized spacial score (nSPS) is 9.55. The summed E-state index contributed by atoms with van der Waals surface area (Å²) in [7, 11) is 1.32. The van der Waals surface area contributed by atoms with E-state index in [4.69, 9.17) is 0 Å². The van der Waals surface area contributed by atoms with Gasteiger partial charge in [0, 0.05) is 0 Å². The van der Waals surface area contributed by atoms with Crippen molar-refractivity contribution in [2.24, 2.45) is 0 Å². The van der Waals surface area contributed by atoms with Crippen LogP contribution in [0.15, 0.2) is 12.2 Å². The molecule has 0 saturated carbocycles. The zero-order valence-corrected chi connectivity index (χ0v) is 6.28. The predicted molar refractivity (Wildman–Crippen MR) is 37.8 cm³/mol. The first-order valence-electron chi connectivity index (χ1n) is 3.08. The summed E-state index contributed by atoms with van der Waals surface area (Å²) in [6, 6.07) is 0. The van der Waals surface area contributed by atoms with Gasteiger partial charge in [-0.15, -0.1) is 0 Å². The molecule has 0 fully saturated rings. The van der Waals surface area contributed by atoms with Crippen LogP contribution in [0.1, 0.15) is 6.42 Å².